The first-order chi connectivity index (χ1) is 9.52. The fourth-order valence-electron chi connectivity index (χ4n) is 3.05. The molecule has 0 radical (unpaired) electrons. The summed E-state index contributed by atoms with van der Waals surface area (Å²) in [6.07, 6.45) is 0.588. The first-order valence-corrected chi connectivity index (χ1v) is 7.54. The van der Waals surface area contributed by atoms with Crippen molar-refractivity contribution >= 4 is 5.69 Å². The van der Waals surface area contributed by atoms with Crippen molar-refractivity contribution in [1.82, 2.24) is 4.90 Å². The summed E-state index contributed by atoms with van der Waals surface area (Å²) in [4.78, 5) is 4.76. The Hall–Kier alpha value is -1.13. The molecule has 0 amide bonds. The van der Waals surface area contributed by atoms with Gasteiger partial charge in [0.25, 0.3) is 0 Å². The molecule has 1 fully saturated rings. The van der Waals surface area contributed by atoms with Crippen LogP contribution in [-0.4, -0.2) is 43.2 Å². The van der Waals surface area contributed by atoms with Crippen molar-refractivity contribution in [3.8, 4) is 0 Å². The predicted molar refractivity (Wildman–Crippen MR) is 82.7 cm³/mol. The van der Waals surface area contributed by atoms with Crippen LogP contribution >= 0.6 is 0 Å². The number of halogens is 1. The van der Waals surface area contributed by atoms with Crippen LogP contribution in [0.15, 0.2) is 18.2 Å². The van der Waals surface area contributed by atoms with Gasteiger partial charge < -0.3 is 10.6 Å². The second kappa shape index (κ2) is 6.55. The number of rotatable bonds is 4. The van der Waals surface area contributed by atoms with E-state index in [0.29, 0.717) is 12.5 Å². The third-order valence-corrected chi connectivity index (χ3v) is 4.13. The summed E-state index contributed by atoms with van der Waals surface area (Å²) in [5.74, 6) is -0.134. The SMILES string of the molecule is CCN1CCN(c2cccc(F)c2CC(C)N)CC1C. The Morgan fingerprint density at radius 1 is 1.40 bits per heavy atom. The van der Waals surface area contributed by atoms with Gasteiger partial charge >= 0.3 is 0 Å². The van der Waals surface area contributed by atoms with E-state index in [1.165, 1.54) is 6.07 Å². The van der Waals surface area contributed by atoms with Crippen LogP contribution in [0.4, 0.5) is 10.1 Å². The van der Waals surface area contributed by atoms with Crippen LogP contribution in [0.25, 0.3) is 0 Å². The number of benzene rings is 1. The van der Waals surface area contributed by atoms with Crippen molar-refractivity contribution in [3.63, 3.8) is 0 Å². The molecule has 20 heavy (non-hydrogen) atoms. The van der Waals surface area contributed by atoms with Gasteiger partial charge in [0.05, 0.1) is 0 Å². The highest BCUT2D eigenvalue weighted by atomic mass is 19.1. The Balaban J connectivity index is 2.22. The molecular weight excluding hydrogens is 253 g/mol. The lowest BCUT2D eigenvalue weighted by Gasteiger charge is -2.41. The van der Waals surface area contributed by atoms with Crippen LogP contribution in [-0.2, 0) is 6.42 Å². The van der Waals surface area contributed by atoms with E-state index in [1.54, 1.807) is 6.07 Å². The number of likely N-dealkylation sites (N-methyl/N-ethyl adjacent to an activating group) is 1. The summed E-state index contributed by atoms with van der Waals surface area (Å²) in [6, 6.07) is 5.83. The summed E-state index contributed by atoms with van der Waals surface area (Å²) in [5.41, 5.74) is 7.65. The fraction of sp³-hybridized carbons (Fsp3) is 0.625. The maximum atomic E-state index is 14.1. The van der Waals surface area contributed by atoms with E-state index in [0.717, 1.165) is 37.4 Å². The third kappa shape index (κ3) is 3.30. The second-order valence-corrected chi connectivity index (χ2v) is 5.84. The summed E-state index contributed by atoms with van der Waals surface area (Å²) < 4.78 is 14.1. The second-order valence-electron chi connectivity index (χ2n) is 5.84. The summed E-state index contributed by atoms with van der Waals surface area (Å²) >= 11 is 0. The van der Waals surface area contributed by atoms with Gasteiger partial charge in [-0.2, -0.15) is 0 Å². The van der Waals surface area contributed by atoms with E-state index in [-0.39, 0.29) is 11.9 Å². The largest absolute Gasteiger partial charge is 0.368 e. The van der Waals surface area contributed by atoms with Gasteiger partial charge in [-0.1, -0.05) is 13.0 Å². The number of hydrogen-bond acceptors (Lipinski definition) is 3. The number of piperazine rings is 1. The summed E-state index contributed by atoms with van der Waals surface area (Å²) in [7, 11) is 0. The van der Waals surface area contributed by atoms with E-state index in [9.17, 15) is 4.39 Å². The molecule has 0 spiro atoms. The minimum atomic E-state index is -0.134. The molecule has 2 N–H and O–H groups in total. The normalized spacial score (nSPS) is 22.1. The molecule has 1 saturated heterocycles. The zero-order valence-electron chi connectivity index (χ0n) is 12.8. The fourth-order valence-corrected chi connectivity index (χ4v) is 3.05. The topological polar surface area (TPSA) is 32.5 Å². The van der Waals surface area contributed by atoms with E-state index < -0.39 is 0 Å². The molecule has 1 heterocycles. The van der Waals surface area contributed by atoms with Gasteiger partial charge in [-0.25, -0.2) is 4.39 Å². The Labute approximate surface area is 121 Å². The molecule has 1 aliphatic heterocycles. The molecule has 4 heteroatoms. The zero-order chi connectivity index (χ0) is 14.7. The minimum Gasteiger partial charge on any atom is -0.368 e. The Bertz CT molecular complexity index is 447. The van der Waals surface area contributed by atoms with Crippen LogP contribution in [0.3, 0.4) is 0 Å². The number of anilines is 1. The Morgan fingerprint density at radius 3 is 2.75 bits per heavy atom. The predicted octanol–water partition coefficient (Wildman–Crippen LogP) is 2.25. The zero-order valence-corrected chi connectivity index (χ0v) is 12.8. The van der Waals surface area contributed by atoms with Gasteiger partial charge in [0, 0.05) is 43.0 Å². The molecule has 1 aromatic carbocycles. The van der Waals surface area contributed by atoms with E-state index >= 15 is 0 Å². The highest BCUT2D eigenvalue weighted by molar-refractivity contribution is 5.55. The lowest BCUT2D eigenvalue weighted by molar-refractivity contribution is 0.199. The smallest absolute Gasteiger partial charge is 0.128 e. The van der Waals surface area contributed by atoms with Gasteiger partial charge in [-0.05, 0) is 38.9 Å². The number of nitrogens with zero attached hydrogens (tertiary/aromatic N) is 2. The number of nitrogens with two attached hydrogens (primary N) is 1. The summed E-state index contributed by atoms with van der Waals surface area (Å²) in [6.45, 7) is 10.4. The Morgan fingerprint density at radius 2 is 2.15 bits per heavy atom. The molecule has 1 aliphatic rings. The molecule has 0 aromatic heterocycles. The highest BCUT2D eigenvalue weighted by Crippen LogP contribution is 2.26. The van der Waals surface area contributed by atoms with Gasteiger partial charge in [-0.3, -0.25) is 4.90 Å². The highest BCUT2D eigenvalue weighted by Gasteiger charge is 2.24. The van der Waals surface area contributed by atoms with Crippen molar-refractivity contribution in [3.05, 3.63) is 29.6 Å². The third-order valence-electron chi connectivity index (χ3n) is 4.13. The molecule has 2 rings (SSSR count). The average Bonchev–Trinajstić information content (AvgIpc) is 2.40. The molecule has 0 aliphatic carbocycles. The maximum absolute atomic E-state index is 14.1. The van der Waals surface area contributed by atoms with Crippen molar-refractivity contribution in [2.75, 3.05) is 31.1 Å². The van der Waals surface area contributed by atoms with Gasteiger partial charge in [0.2, 0.25) is 0 Å². The number of hydrogen-bond donors (Lipinski definition) is 1. The average molecular weight is 279 g/mol. The first kappa shape index (κ1) is 15.3. The van der Waals surface area contributed by atoms with E-state index in [1.807, 2.05) is 13.0 Å². The molecule has 3 nitrogen and oxygen atoms in total. The van der Waals surface area contributed by atoms with Gasteiger partial charge in [0.15, 0.2) is 0 Å². The molecule has 0 saturated carbocycles. The lowest BCUT2D eigenvalue weighted by Crippen LogP contribution is -2.52. The van der Waals surface area contributed by atoms with Crippen LogP contribution in [0.2, 0.25) is 0 Å². The van der Waals surface area contributed by atoms with Gasteiger partial charge in [-0.15, -0.1) is 0 Å². The molecule has 112 valence electrons. The molecule has 1 aromatic rings. The quantitative estimate of drug-likeness (QED) is 0.917. The standard InChI is InChI=1S/C16H26FN3/c1-4-19-8-9-20(11-13(19)3)16-7-5-6-15(17)14(16)10-12(2)18/h5-7,12-13H,4,8-11,18H2,1-3H3. The molecule has 2 atom stereocenters. The maximum Gasteiger partial charge on any atom is 0.128 e. The van der Waals surface area contributed by atoms with E-state index in [4.69, 9.17) is 5.73 Å². The van der Waals surface area contributed by atoms with Crippen molar-refractivity contribution in [2.45, 2.75) is 39.3 Å². The van der Waals surface area contributed by atoms with Crippen molar-refractivity contribution < 1.29 is 4.39 Å². The van der Waals surface area contributed by atoms with Gasteiger partial charge in [0.1, 0.15) is 5.82 Å². The molecule has 2 unspecified atom stereocenters. The summed E-state index contributed by atoms with van der Waals surface area (Å²) in [5, 5.41) is 0. The lowest BCUT2D eigenvalue weighted by atomic mass is 10.0. The van der Waals surface area contributed by atoms with Crippen molar-refractivity contribution in [1.29, 1.82) is 0 Å². The van der Waals surface area contributed by atoms with Crippen LogP contribution in [0.1, 0.15) is 26.3 Å². The Kier molecular flexibility index (Phi) is 5.00. The minimum absolute atomic E-state index is 0.0278. The van der Waals surface area contributed by atoms with Crippen LogP contribution in [0.5, 0.6) is 0 Å². The molecular formula is C16H26FN3. The van der Waals surface area contributed by atoms with Crippen molar-refractivity contribution in [2.24, 2.45) is 5.73 Å². The molecule has 0 bridgehead atoms. The first-order valence-electron chi connectivity index (χ1n) is 7.54. The monoisotopic (exact) mass is 279 g/mol. The van der Waals surface area contributed by atoms with E-state index in [2.05, 4.69) is 23.6 Å². The van der Waals surface area contributed by atoms with Crippen LogP contribution < -0.4 is 10.6 Å². The van der Waals surface area contributed by atoms with Crippen LogP contribution in [0, 0.1) is 5.82 Å².